The molecule has 24 heavy (non-hydrogen) atoms. The van der Waals surface area contributed by atoms with Gasteiger partial charge in [-0.25, -0.2) is 9.18 Å². The van der Waals surface area contributed by atoms with Crippen LogP contribution in [0.5, 0.6) is 5.75 Å². The zero-order valence-electron chi connectivity index (χ0n) is 13.7. The number of esters is 1. The van der Waals surface area contributed by atoms with Crippen LogP contribution in [0.3, 0.4) is 0 Å². The lowest BCUT2D eigenvalue weighted by Gasteiger charge is -2.18. The van der Waals surface area contributed by atoms with Gasteiger partial charge in [-0.15, -0.1) is 0 Å². The number of amides is 3. The highest BCUT2D eigenvalue weighted by atomic mass is 19.1. The molecular weight excluding hydrogens is 319 g/mol. The number of nitrogens with one attached hydrogen (secondary N) is 1. The molecule has 0 radical (unpaired) electrons. The average molecular weight is 338 g/mol. The van der Waals surface area contributed by atoms with Crippen LogP contribution < -0.4 is 10.1 Å². The van der Waals surface area contributed by atoms with Gasteiger partial charge in [-0.05, 0) is 31.0 Å². The van der Waals surface area contributed by atoms with Crippen molar-refractivity contribution in [3.63, 3.8) is 0 Å². The number of methoxy groups -OCH3 is 1. The molecule has 1 aromatic carbocycles. The topological polar surface area (TPSA) is 84.9 Å². The molecule has 0 bridgehead atoms. The van der Waals surface area contributed by atoms with E-state index in [1.165, 1.54) is 19.2 Å². The van der Waals surface area contributed by atoms with E-state index in [4.69, 9.17) is 9.47 Å². The van der Waals surface area contributed by atoms with Gasteiger partial charge in [0.1, 0.15) is 18.7 Å². The first-order chi connectivity index (χ1) is 11.3. The van der Waals surface area contributed by atoms with Gasteiger partial charge < -0.3 is 14.8 Å². The molecule has 1 aromatic rings. The third-order valence-electron chi connectivity index (χ3n) is 3.96. The Labute approximate surface area is 138 Å². The molecule has 0 saturated carbocycles. The molecule has 2 rings (SSSR count). The molecule has 1 N–H and O–H groups in total. The Balaban J connectivity index is 1.93. The highest BCUT2D eigenvalue weighted by Gasteiger charge is 2.47. The number of halogens is 1. The van der Waals surface area contributed by atoms with Crippen molar-refractivity contribution in [2.45, 2.75) is 32.4 Å². The summed E-state index contributed by atoms with van der Waals surface area (Å²) in [6.45, 7) is 2.70. The molecule has 1 aliphatic heterocycles. The number of carbonyl (C=O) groups excluding carboxylic acids is 3. The third kappa shape index (κ3) is 3.47. The molecule has 1 fully saturated rings. The molecular formula is C16H19FN2O5. The Hall–Kier alpha value is -2.64. The van der Waals surface area contributed by atoms with Crippen LogP contribution in [0.4, 0.5) is 9.18 Å². The normalized spacial score (nSPS) is 20.1. The number of nitrogens with zero attached hydrogens (tertiary/aromatic N) is 1. The lowest BCUT2D eigenvalue weighted by Crippen LogP contribution is -2.43. The highest BCUT2D eigenvalue weighted by Crippen LogP contribution is 2.21. The van der Waals surface area contributed by atoms with Gasteiger partial charge in [0.15, 0.2) is 11.6 Å². The number of benzene rings is 1. The maximum Gasteiger partial charge on any atom is 0.326 e. The Bertz CT molecular complexity index is 678. The average Bonchev–Trinajstić information content (AvgIpc) is 2.77. The quantitative estimate of drug-likeness (QED) is 0.629. The van der Waals surface area contributed by atoms with Gasteiger partial charge in [-0.3, -0.25) is 14.5 Å². The van der Waals surface area contributed by atoms with E-state index in [1.54, 1.807) is 19.9 Å². The van der Waals surface area contributed by atoms with Gasteiger partial charge in [0.05, 0.1) is 7.11 Å². The van der Waals surface area contributed by atoms with E-state index in [1.807, 2.05) is 0 Å². The van der Waals surface area contributed by atoms with Crippen molar-refractivity contribution < 1.29 is 28.2 Å². The first-order valence-electron chi connectivity index (χ1n) is 7.43. The number of carbonyl (C=O) groups is 3. The van der Waals surface area contributed by atoms with Crippen LogP contribution in [-0.2, 0) is 20.9 Å². The van der Waals surface area contributed by atoms with Crippen LogP contribution in [0.1, 0.15) is 25.8 Å². The van der Waals surface area contributed by atoms with E-state index in [9.17, 15) is 18.8 Å². The summed E-state index contributed by atoms with van der Waals surface area (Å²) in [4.78, 5) is 36.6. The van der Waals surface area contributed by atoms with Gasteiger partial charge >= 0.3 is 12.0 Å². The standard InChI is InChI=1S/C16H19FN2O5/c1-4-16(2)14(21)19(15(22)18-16)8-13(20)24-9-10-5-6-12(23-3)11(17)7-10/h5-7H,4,8-9H2,1-3H3,(H,18,22)/t16-/m0/s1. The van der Waals surface area contributed by atoms with Gasteiger partial charge in [-0.2, -0.15) is 0 Å². The number of ether oxygens (including phenoxy) is 2. The second kappa shape index (κ2) is 6.86. The second-order valence-electron chi connectivity index (χ2n) is 5.64. The highest BCUT2D eigenvalue weighted by molar-refractivity contribution is 6.08. The van der Waals surface area contributed by atoms with E-state index >= 15 is 0 Å². The van der Waals surface area contributed by atoms with Crippen molar-refractivity contribution in [3.8, 4) is 5.75 Å². The molecule has 8 heteroatoms. The molecule has 3 amide bonds. The van der Waals surface area contributed by atoms with Crippen LogP contribution in [0, 0.1) is 5.82 Å². The zero-order valence-corrected chi connectivity index (χ0v) is 13.7. The summed E-state index contributed by atoms with van der Waals surface area (Å²) in [7, 11) is 1.35. The summed E-state index contributed by atoms with van der Waals surface area (Å²) in [6, 6.07) is 3.53. The van der Waals surface area contributed by atoms with E-state index < -0.39 is 35.8 Å². The lowest BCUT2D eigenvalue weighted by atomic mass is 9.99. The molecule has 1 saturated heterocycles. The third-order valence-corrected chi connectivity index (χ3v) is 3.96. The molecule has 1 atom stereocenters. The summed E-state index contributed by atoms with van der Waals surface area (Å²) >= 11 is 0. The predicted molar refractivity (Wildman–Crippen MR) is 81.7 cm³/mol. The minimum Gasteiger partial charge on any atom is -0.494 e. The van der Waals surface area contributed by atoms with Gasteiger partial charge in [0, 0.05) is 0 Å². The predicted octanol–water partition coefficient (Wildman–Crippen LogP) is 1.60. The smallest absolute Gasteiger partial charge is 0.326 e. The van der Waals surface area contributed by atoms with Crippen LogP contribution in [0.25, 0.3) is 0 Å². The van der Waals surface area contributed by atoms with Gasteiger partial charge in [0.2, 0.25) is 0 Å². The maximum absolute atomic E-state index is 13.6. The molecule has 1 heterocycles. The fourth-order valence-electron chi connectivity index (χ4n) is 2.27. The summed E-state index contributed by atoms with van der Waals surface area (Å²) in [5.41, 5.74) is -0.575. The van der Waals surface area contributed by atoms with Gasteiger partial charge in [0.25, 0.3) is 5.91 Å². The van der Waals surface area contributed by atoms with Crippen molar-refractivity contribution in [2.75, 3.05) is 13.7 Å². The van der Waals surface area contributed by atoms with Crippen LogP contribution >= 0.6 is 0 Å². The number of rotatable bonds is 6. The number of hydrogen-bond donors (Lipinski definition) is 1. The first-order valence-corrected chi connectivity index (χ1v) is 7.43. The van der Waals surface area contributed by atoms with Gasteiger partial charge in [-0.1, -0.05) is 13.0 Å². The summed E-state index contributed by atoms with van der Waals surface area (Å²) in [5.74, 6) is -1.71. The molecule has 130 valence electrons. The number of imide groups is 1. The van der Waals surface area contributed by atoms with Crippen LogP contribution in [0.2, 0.25) is 0 Å². The molecule has 0 aliphatic carbocycles. The molecule has 0 spiro atoms. The number of hydrogen-bond acceptors (Lipinski definition) is 5. The van der Waals surface area contributed by atoms with E-state index in [2.05, 4.69) is 5.32 Å². The molecule has 0 aromatic heterocycles. The Morgan fingerprint density at radius 1 is 1.38 bits per heavy atom. The Morgan fingerprint density at radius 3 is 2.62 bits per heavy atom. The SMILES string of the molecule is CC[C@]1(C)NC(=O)N(CC(=O)OCc2ccc(OC)c(F)c2)C1=O. The minimum atomic E-state index is -1.00. The van der Waals surface area contributed by atoms with Crippen molar-refractivity contribution in [1.82, 2.24) is 10.2 Å². The van der Waals surface area contributed by atoms with E-state index in [0.29, 0.717) is 12.0 Å². The fourth-order valence-corrected chi connectivity index (χ4v) is 2.27. The first kappa shape index (κ1) is 17.7. The molecule has 1 aliphatic rings. The Morgan fingerprint density at radius 2 is 2.08 bits per heavy atom. The van der Waals surface area contributed by atoms with E-state index in [-0.39, 0.29) is 12.4 Å². The lowest BCUT2D eigenvalue weighted by molar-refractivity contribution is -0.148. The van der Waals surface area contributed by atoms with E-state index in [0.717, 1.165) is 4.90 Å². The largest absolute Gasteiger partial charge is 0.494 e. The maximum atomic E-state index is 13.6. The minimum absolute atomic E-state index is 0.0864. The fraction of sp³-hybridized carbons (Fsp3) is 0.438. The van der Waals surface area contributed by atoms with Crippen LogP contribution in [0.15, 0.2) is 18.2 Å². The molecule has 7 nitrogen and oxygen atoms in total. The van der Waals surface area contributed by atoms with Crippen molar-refractivity contribution in [1.29, 1.82) is 0 Å². The second-order valence-corrected chi connectivity index (χ2v) is 5.64. The number of urea groups is 1. The van der Waals surface area contributed by atoms with Crippen LogP contribution in [-0.4, -0.2) is 42.0 Å². The summed E-state index contributed by atoms with van der Waals surface area (Å²) < 4.78 is 23.4. The monoisotopic (exact) mass is 338 g/mol. The summed E-state index contributed by atoms with van der Waals surface area (Å²) in [6.07, 6.45) is 0.411. The zero-order chi connectivity index (χ0) is 17.9. The van der Waals surface area contributed by atoms with Crippen molar-refractivity contribution in [3.05, 3.63) is 29.6 Å². The summed E-state index contributed by atoms with van der Waals surface area (Å²) in [5, 5.41) is 2.55. The van der Waals surface area contributed by atoms with Crippen molar-refractivity contribution >= 4 is 17.9 Å². The van der Waals surface area contributed by atoms with Crippen molar-refractivity contribution in [2.24, 2.45) is 0 Å². The molecule has 0 unspecified atom stereocenters. The Kier molecular flexibility index (Phi) is 5.06.